The van der Waals surface area contributed by atoms with E-state index >= 15 is 0 Å². The summed E-state index contributed by atoms with van der Waals surface area (Å²) in [6.45, 7) is 0.172. The van der Waals surface area contributed by atoms with Crippen molar-refractivity contribution in [3.05, 3.63) is 59.4 Å². The average Bonchev–Trinajstić information content (AvgIpc) is 2.78. The number of fused-ring (bicyclic) bond motifs is 3. The van der Waals surface area contributed by atoms with Crippen LogP contribution in [0, 0.1) is 23.6 Å². The van der Waals surface area contributed by atoms with Gasteiger partial charge in [0, 0.05) is 36.4 Å². The fraction of sp³-hybridized carbons (Fsp3) is 0.417. The number of hydrogen-bond donors (Lipinski definition) is 2. The van der Waals surface area contributed by atoms with Crippen LogP contribution in [-0.2, 0) is 11.3 Å². The molecule has 1 spiro atoms. The van der Waals surface area contributed by atoms with Crippen LogP contribution in [0.1, 0.15) is 41.6 Å². The van der Waals surface area contributed by atoms with E-state index < -0.39 is 5.72 Å². The SMILES string of the molecule is COc1ccc2c(c1)O[C@@]1(C[C@@H]3CC[C@@H]1C[C@@H]3C(=O)NCc1ccccc1F)NC2=O. The molecule has 0 radical (unpaired) electrons. The molecule has 6 rings (SSSR count). The maximum absolute atomic E-state index is 13.9. The van der Waals surface area contributed by atoms with E-state index in [0.29, 0.717) is 35.5 Å². The van der Waals surface area contributed by atoms with Crippen LogP contribution >= 0.6 is 0 Å². The minimum Gasteiger partial charge on any atom is -0.497 e. The summed E-state index contributed by atoms with van der Waals surface area (Å²) in [5.74, 6) is 0.589. The molecule has 6 nitrogen and oxygen atoms in total. The minimum absolute atomic E-state index is 0.0324. The van der Waals surface area contributed by atoms with Crippen molar-refractivity contribution in [1.82, 2.24) is 10.6 Å². The highest BCUT2D eigenvalue weighted by molar-refractivity contribution is 5.98. The van der Waals surface area contributed by atoms with Crippen LogP contribution in [0.4, 0.5) is 4.39 Å². The van der Waals surface area contributed by atoms with Crippen molar-refractivity contribution in [1.29, 1.82) is 0 Å². The van der Waals surface area contributed by atoms with Crippen molar-refractivity contribution in [2.75, 3.05) is 7.11 Å². The Hall–Kier alpha value is -3.09. The number of rotatable bonds is 4. The fourth-order valence-corrected chi connectivity index (χ4v) is 5.39. The molecule has 2 N–H and O–H groups in total. The Morgan fingerprint density at radius 2 is 2.13 bits per heavy atom. The van der Waals surface area contributed by atoms with Gasteiger partial charge in [-0.3, -0.25) is 9.59 Å². The Bertz CT molecular complexity index is 1040. The zero-order valence-corrected chi connectivity index (χ0v) is 17.3. The van der Waals surface area contributed by atoms with Gasteiger partial charge in [-0.05, 0) is 43.4 Å². The third-order valence-corrected chi connectivity index (χ3v) is 7.02. The van der Waals surface area contributed by atoms with Gasteiger partial charge < -0.3 is 20.1 Å². The molecule has 0 unspecified atom stereocenters. The molecule has 2 bridgehead atoms. The standard InChI is InChI=1S/C24H25FN2O4/c1-30-17-8-9-18-21(11-17)31-24(27-23(18)29)12-14-6-7-16(24)10-19(14)22(28)26-13-15-4-2-3-5-20(15)25/h2-5,8-9,11,14,16,19H,6-7,10,12-13H2,1H3,(H,26,28)(H,27,29)/t14-,16+,19-,24+/m0/s1. The number of halogens is 1. The highest BCUT2D eigenvalue weighted by Crippen LogP contribution is 2.52. The second kappa shape index (κ2) is 7.55. The van der Waals surface area contributed by atoms with E-state index in [4.69, 9.17) is 9.47 Å². The van der Waals surface area contributed by atoms with Gasteiger partial charge in [0.15, 0.2) is 5.72 Å². The van der Waals surface area contributed by atoms with Crippen LogP contribution in [-0.4, -0.2) is 24.6 Å². The number of carbonyl (C=O) groups excluding carboxylic acids is 2. The molecule has 2 aromatic carbocycles. The number of nitrogens with one attached hydrogen (secondary N) is 2. The Balaban J connectivity index is 1.31. The van der Waals surface area contributed by atoms with Crippen molar-refractivity contribution in [3.63, 3.8) is 0 Å². The monoisotopic (exact) mass is 424 g/mol. The van der Waals surface area contributed by atoms with Gasteiger partial charge in [-0.15, -0.1) is 0 Å². The van der Waals surface area contributed by atoms with Gasteiger partial charge in [0.25, 0.3) is 5.91 Å². The van der Waals surface area contributed by atoms with Gasteiger partial charge in [-0.2, -0.15) is 0 Å². The Labute approximate surface area is 180 Å². The van der Waals surface area contributed by atoms with Crippen molar-refractivity contribution >= 4 is 11.8 Å². The third kappa shape index (κ3) is 3.42. The molecule has 0 aromatic heterocycles. The summed E-state index contributed by atoms with van der Waals surface area (Å²) in [7, 11) is 1.58. The maximum atomic E-state index is 13.9. The van der Waals surface area contributed by atoms with Crippen LogP contribution in [0.15, 0.2) is 42.5 Å². The number of amides is 2. The smallest absolute Gasteiger partial charge is 0.258 e. The molecule has 4 atom stereocenters. The molecule has 3 fully saturated rings. The van der Waals surface area contributed by atoms with E-state index in [-0.39, 0.29) is 41.9 Å². The molecular formula is C24H25FN2O4. The average molecular weight is 424 g/mol. The van der Waals surface area contributed by atoms with E-state index in [1.807, 2.05) is 0 Å². The van der Waals surface area contributed by atoms with Gasteiger partial charge in [0.2, 0.25) is 5.91 Å². The first-order valence-corrected chi connectivity index (χ1v) is 10.7. The van der Waals surface area contributed by atoms with E-state index in [0.717, 1.165) is 12.8 Å². The molecular weight excluding hydrogens is 399 g/mol. The topological polar surface area (TPSA) is 76.7 Å². The molecule has 4 aliphatic rings. The predicted octanol–water partition coefficient (Wildman–Crippen LogP) is 3.41. The lowest BCUT2D eigenvalue weighted by Crippen LogP contribution is -2.66. The highest BCUT2D eigenvalue weighted by Gasteiger charge is 2.57. The summed E-state index contributed by atoms with van der Waals surface area (Å²) >= 11 is 0. The van der Waals surface area contributed by atoms with E-state index in [9.17, 15) is 14.0 Å². The molecule has 162 valence electrons. The van der Waals surface area contributed by atoms with Gasteiger partial charge in [-0.25, -0.2) is 4.39 Å². The summed E-state index contributed by atoms with van der Waals surface area (Å²) in [4.78, 5) is 25.7. The lowest BCUT2D eigenvalue weighted by molar-refractivity contribution is -0.146. The lowest BCUT2D eigenvalue weighted by Gasteiger charge is -2.55. The summed E-state index contributed by atoms with van der Waals surface area (Å²) in [5, 5.41) is 6.00. The summed E-state index contributed by atoms with van der Waals surface area (Å²) in [5.41, 5.74) is 0.176. The Morgan fingerprint density at radius 3 is 2.87 bits per heavy atom. The van der Waals surface area contributed by atoms with Crippen LogP contribution in [0.25, 0.3) is 0 Å². The van der Waals surface area contributed by atoms with Crippen LogP contribution < -0.4 is 20.1 Å². The quantitative estimate of drug-likeness (QED) is 0.789. The van der Waals surface area contributed by atoms with Crippen LogP contribution in [0.5, 0.6) is 11.5 Å². The van der Waals surface area contributed by atoms with E-state index in [1.165, 1.54) is 6.07 Å². The zero-order chi connectivity index (χ0) is 21.6. The van der Waals surface area contributed by atoms with Gasteiger partial charge in [0.1, 0.15) is 17.3 Å². The fourth-order valence-electron chi connectivity index (χ4n) is 5.39. The lowest BCUT2D eigenvalue weighted by atomic mass is 9.60. The van der Waals surface area contributed by atoms with Crippen LogP contribution in [0.2, 0.25) is 0 Å². The van der Waals surface area contributed by atoms with Crippen LogP contribution in [0.3, 0.4) is 0 Å². The summed E-state index contributed by atoms with van der Waals surface area (Å²) in [6, 6.07) is 11.6. The molecule has 2 amide bonds. The number of ether oxygens (including phenoxy) is 2. The number of benzene rings is 2. The summed E-state index contributed by atoms with van der Waals surface area (Å²) in [6.07, 6.45) is 3.01. The largest absolute Gasteiger partial charge is 0.497 e. The molecule has 0 saturated heterocycles. The first kappa shape index (κ1) is 19.8. The third-order valence-electron chi connectivity index (χ3n) is 7.02. The maximum Gasteiger partial charge on any atom is 0.258 e. The Kier molecular flexibility index (Phi) is 4.84. The predicted molar refractivity (Wildman–Crippen MR) is 111 cm³/mol. The second-order valence-electron chi connectivity index (χ2n) is 8.70. The Morgan fingerprint density at radius 1 is 1.29 bits per heavy atom. The molecule has 1 heterocycles. The molecule has 3 aliphatic carbocycles. The van der Waals surface area contributed by atoms with E-state index in [1.54, 1.807) is 43.5 Å². The molecule has 2 aromatic rings. The number of hydrogen-bond acceptors (Lipinski definition) is 4. The van der Waals surface area contributed by atoms with Gasteiger partial charge in [-0.1, -0.05) is 18.2 Å². The molecule has 7 heteroatoms. The highest BCUT2D eigenvalue weighted by atomic mass is 19.1. The molecule has 3 saturated carbocycles. The van der Waals surface area contributed by atoms with Crippen molar-refractivity contribution in [2.24, 2.45) is 17.8 Å². The zero-order valence-electron chi connectivity index (χ0n) is 17.3. The molecule has 1 aliphatic heterocycles. The minimum atomic E-state index is -0.790. The van der Waals surface area contributed by atoms with E-state index in [2.05, 4.69) is 10.6 Å². The first-order chi connectivity index (χ1) is 15.0. The second-order valence-corrected chi connectivity index (χ2v) is 8.70. The van der Waals surface area contributed by atoms with Crippen molar-refractivity contribution in [2.45, 2.75) is 38.0 Å². The first-order valence-electron chi connectivity index (χ1n) is 10.7. The van der Waals surface area contributed by atoms with Gasteiger partial charge >= 0.3 is 0 Å². The molecule has 31 heavy (non-hydrogen) atoms. The summed E-state index contributed by atoms with van der Waals surface area (Å²) < 4.78 is 25.5. The van der Waals surface area contributed by atoms with Gasteiger partial charge in [0.05, 0.1) is 12.7 Å². The number of methoxy groups -OCH3 is 1. The normalized spacial score (nSPS) is 28.5. The van der Waals surface area contributed by atoms with Crippen molar-refractivity contribution in [3.8, 4) is 11.5 Å². The van der Waals surface area contributed by atoms with Crippen molar-refractivity contribution < 1.29 is 23.5 Å². The number of carbonyl (C=O) groups is 2.